The summed E-state index contributed by atoms with van der Waals surface area (Å²) in [4.78, 5) is 8.01. The molecule has 7 nitrogen and oxygen atoms in total. The van der Waals surface area contributed by atoms with E-state index in [1.807, 2.05) is 0 Å². The molecule has 3 aromatic rings. The average molecular weight is 213 g/mol. The zero-order valence-electron chi connectivity index (χ0n) is 8.15. The number of aromatic nitrogens is 6. The van der Waals surface area contributed by atoms with Crippen LogP contribution in [-0.2, 0) is 0 Å². The molecule has 0 spiro atoms. The van der Waals surface area contributed by atoms with E-state index in [4.69, 9.17) is 5.73 Å². The Labute approximate surface area is 90.0 Å². The van der Waals surface area contributed by atoms with E-state index in [0.717, 1.165) is 0 Å². The van der Waals surface area contributed by atoms with Crippen LogP contribution in [0.4, 0.5) is 5.82 Å². The first-order chi connectivity index (χ1) is 7.86. The lowest BCUT2D eigenvalue weighted by Crippen LogP contribution is -2.01. The van der Waals surface area contributed by atoms with Gasteiger partial charge in [-0.3, -0.25) is 0 Å². The zero-order chi connectivity index (χ0) is 11.0. The van der Waals surface area contributed by atoms with Crippen LogP contribution in [0.15, 0.2) is 30.9 Å². The Bertz CT molecular complexity index is 631. The fourth-order valence-electron chi connectivity index (χ4n) is 1.44. The Morgan fingerprint density at radius 2 is 2.19 bits per heavy atom. The SMILES string of the molecule is Nc1ncnc2c1cnn2-c1cccnn1. The van der Waals surface area contributed by atoms with Crippen LogP contribution in [0.2, 0.25) is 0 Å². The van der Waals surface area contributed by atoms with Crippen LogP contribution in [0.1, 0.15) is 0 Å². The minimum absolute atomic E-state index is 0.403. The van der Waals surface area contributed by atoms with Crippen LogP contribution in [-0.4, -0.2) is 29.9 Å². The Kier molecular flexibility index (Phi) is 1.76. The van der Waals surface area contributed by atoms with E-state index in [-0.39, 0.29) is 0 Å². The number of nitrogens with two attached hydrogens (primary N) is 1. The van der Waals surface area contributed by atoms with Crippen molar-refractivity contribution in [2.75, 3.05) is 5.73 Å². The highest BCUT2D eigenvalue weighted by Crippen LogP contribution is 2.17. The van der Waals surface area contributed by atoms with Gasteiger partial charge in [-0.15, -0.1) is 5.10 Å². The Morgan fingerprint density at radius 3 is 3.00 bits per heavy atom. The maximum Gasteiger partial charge on any atom is 0.178 e. The quantitative estimate of drug-likeness (QED) is 0.619. The molecule has 0 atom stereocenters. The molecule has 78 valence electrons. The first kappa shape index (κ1) is 8.72. The van der Waals surface area contributed by atoms with Crippen molar-refractivity contribution in [1.29, 1.82) is 0 Å². The van der Waals surface area contributed by atoms with Crippen LogP contribution in [0, 0.1) is 0 Å². The molecule has 0 amide bonds. The van der Waals surface area contributed by atoms with Gasteiger partial charge in [-0.05, 0) is 12.1 Å². The van der Waals surface area contributed by atoms with Crippen molar-refractivity contribution in [2.45, 2.75) is 0 Å². The van der Waals surface area contributed by atoms with Crippen LogP contribution >= 0.6 is 0 Å². The highest BCUT2D eigenvalue weighted by atomic mass is 15.4. The maximum atomic E-state index is 5.71. The number of hydrogen-bond acceptors (Lipinski definition) is 6. The molecule has 2 N–H and O–H groups in total. The largest absolute Gasteiger partial charge is 0.383 e. The highest BCUT2D eigenvalue weighted by molar-refractivity contribution is 5.85. The maximum absolute atomic E-state index is 5.71. The number of nitrogen functional groups attached to an aromatic ring is 1. The van der Waals surface area contributed by atoms with E-state index in [2.05, 4.69) is 25.3 Å². The predicted molar refractivity (Wildman–Crippen MR) is 56.7 cm³/mol. The number of rotatable bonds is 1. The van der Waals surface area contributed by atoms with Crippen molar-refractivity contribution in [1.82, 2.24) is 29.9 Å². The van der Waals surface area contributed by atoms with E-state index in [9.17, 15) is 0 Å². The van der Waals surface area contributed by atoms with Crippen LogP contribution in [0.3, 0.4) is 0 Å². The molecule has 0 unspecified atom stereocenters. The lowest BCUT2D eigenvalue weighted by molar-refractivity contribution is 0.827. The van der Waals surface area contributed by atoms with Crippen molar-refractivity contribution < 1.29 is 0 Å². The number of anilines is 1. The van der Waals surface area contributed by atoms with Gasteiger partial charge in [0.1, 0.15) is 12.1 Å². The molecule has 0 bridgehead atoms. The van der Waals surface area contributed by atoms with Gasteiger partial charge in [0.2, 0.25) is 0 Å². The summed E-state index contributed by atoms with van der Waals surface area (Å²) in [6.45, 7) is 0. The third-order valence-corrected chi connectivity index (χ3v) is 2.17. The second-order valence-corrected chi connectivity index (χ2v) is 3.13. The molecular weight excluding hydrogens is 206 g/mol. The lowest BCUT2D eigenvalue weighted by Gasteiger charge is -1.99. The summed E-state index contributed by atoms with van der Waals surface area (Å²) in [7, 11) is 0. The predicted octanol–water partition coefficient (Wildman–Crippen LogP) is 0.188. The number of nitrogens with zero attached hydrogens (tertiary/aromatic N) is 6. The van der Waals surface area contributed by atoms with Crippen molar-refractivity contribution in [3.8, 4) is 5.82 Å². The summed E-state index contributed by atoms with van der Waals surface area (Å²) >= 11 is 0. The Morgan fingerprint density at radius 1 is 1.25 bits per heavy atom. The molecule has 0 aliphatic rings. The van der Waals surface area contributed by atoms with Gasteiger partial charge in [0, 0.05) is 6.20 Å². The monoisotopic (exact) mass is 213 g/mol. The summed E-state index contributed by atoms with van der Waals surface area (Å²) in [6.07, 6.45) is 4.60. The second kappa shape index (κ2) is 3.23. The van der Waals surface area contributed by atoms with Crippen molar-refractivity contribution in [3.63, 3.8) is 0 Å². The van der Waals surface area contributed by atoms with Crippen LogP contribution in [0.25, 0.3) is 16.9 Å². The van der Waals surface area contributed by atoms with Gasteiger partial charge in [0.05, 0.1) is 11.6 Å². The lowest BCUT2D eigenvalue weighted by atomic mass is 10.4. The fourth-order valence-corrected chi connectivity index (χ4v) is 1.44. The number of fused-ring (bicyclic) bond motifs is 1. The van der Waals surface area contributed by atoms with Gasteiger partial charge in [-0.25, -0.2) is 9.97 Å². The minimum Gasteiger partial charge on any atom is -0.383 e. The van der Waals surface area contributed by atoms with E-state index in [1.54, 1.807) is 29.2 Å². The Hall–Kier alpha value is -2.57. The molecule has 3 aromatic heterocycles. The van der Waals surface area contributed by atoms with Gasteiger partial charge < -0.3 is 5.73 Å². The van der Waals surface area contributed by atoms with Gasteiger partial charge in [-0.2, -0.15) is 14.9 Å². The molecule has 0 fully saturated rings. The molecule has 0 saturated carbocycles. The van der Waals surface area contributed by atoms with Gasteiger partial charge >= 0.3 is 0 Å². The van der Waals surface area contributed by atoms with Crippen LogP contribution in [0.5, 0.6) is 0 Å². The third-order valence-electron chi connectivity index (χ3n) is 2.17. The zero-order valence-corrected chi connectivity index (χ0v) is 8.15. The first-order valence-electron chi connectivity index (χ1n) is 4.58. The van der Waals surface area contributed by atoms with E-state index < -0.39 is 0 Å². The van der Waals surface area contributed by atoms with Crippen LogP contribution < -0.4 is 5.73 Å². The summed E-state index contributed by atoms with van der Waals surface area (Å²) < 4.78 is 1.57. The van der Waals surface area contributed by atoms with Gasteiger partial charge in [0.15, 0.2) is 11.5 Å². The molecule has 7 heteroatoms. The minimum atomic E-state index is 0.403. The molecular formula is C9H7N7. The molecule has 16 heavy (non-hydrogen) atoms. The van der Waals surface area contributed by atoms with E-state index >= 15 is 0 Å². The molecule has 3 rings (SSSR count). The molecule has 0 radical (unpaired) electrons. The smallest absolute Gasteiger partial charge is 0.178 e. The number of hydrogen-bond donors (Lipinski definition) is 1. The molecule has 0 saturated heterocycles. The molecule has 0 aromatic carbocycles. The second-order valence-electron chi connectivity index (χ2n) is 3.13. The van der Waals surface area contributed by atoms with Crippen molar-refractivity contribution >= 4 is 16.9 Å². The molecule has 3 heterocycles. The fraction of sp³-hybridized carbons (Fsp3) is 0. The Balaban J connectivity index is 2.30. The standard InChI is InChI=1S/C9H7N7/c10-8-6-4-14-16(9(6)12-5-11-8)7-2-1-3-13-15-7/h1-5H,(H2,10,11,12). The van der Waals surface area contributed by atoms with Gasteiger partial charge in [0.25, 0.3) is 0 Å². The third kappa shape index (κ3) is 1.18. The van der Waals surface area contributed by atoms with E-state index in [0.29, 0.717) is 22.7 Å². The summed E-state index contributed by atoms with van der Waals surface area (Å²) in [6, 6.07) is 3.57. The van der Waals surface area contributed by atoms with Crippen molar-refractivity contribution in [2.24, 2.45) is 0 Å². The summed E-state index contributed by atoms with van der Waals surface area (Å²) in [5.74, 6) is 0.996. The summed E-state index contributed by atoms with van der Waals surface area (Å²) in [5.41, 5.74) is 6.33. The summed E-state index contributed by atoms with van der Waals surface area (Å²) in [5, 5.41) is 12.6. The normalized spacial score (nSPS) is 10.8. The van der Waals surface area contributed by atoms with E-state index in [1.165, 1.54) is 6.33 Å². The van der Waals surface area contributed by atoms with Gasteiger partial charge in [-0.1, -0.05) is 0 Å². The molecule has 0 aliphatic heterocycles. The molecule has 0 aliphatic carbocycles. The highest BCUT2D eigenvalue weighted by Gasteiger charge is 2.09. The first-order valence-corrected chi connectivity index (χ1v) is 4.58. The van der Waals surface area contributed by atoms with Crippen molar-refractivity contribution in [3.05, 3.63) is 30.9 Å². The topological polar surface area (TPSA) is 95.4 Å². The average Bonchev–Trinajstić information content (AvgIpc) is 2.75.